The molecule has 0 aromatic heterocycles. The van der Waals surface area contributed by atoms with Crippen LogP contribution < -0.4 is 81.7 Å². The number of rotatable bonds is 47. The molecule has 1 atom stereocenters. The fourth-order valence-corrected chi connectivity index (χ4v) is 12.2. The summed E-state index contributed by atoms with van der Waals surface area (Å²) in [5.41, 5.74) is 19.9. The van der Waals surface area contributed by atoms with Crippen molar-refractivity contribution in [2.45, 2.75) is 159 Å². The van der Waals surface area contributed by atoms with Gasteiger partial charge >= 0.3 is 29.0 Å². The smallest absolute Gasteiger partial charge is 0.338 e. The molecular weight excluding hydrogens is 1820 g/mol. The number of carbonyl (C=O) groups excluding carboxylic acids is 10. The number of primary amides is 3. The molecule has 10 aromatic carbocycles. The summed E-state index contributed by atoms with van der Waals surface area (Å²) in [5.74, 6) is -3.41. The average Bonchev–Trinajstić information content (AvgIpc) is 0.828. The Morgan fingerprint density at radius 3 is 1.07 bits per heavy atom. The number of amides is 8. The van der Waals surface area contributed by atoms with E-state index < -0.39 is 79.6 Å². The first kappa shape index (κ1) is 111. The molecule has 37 heteroatoms. The van der Waals surface area contributed by atoms with Gasteiger partial charge in [-0.1, -0.05) is 142 Å². The number of benzene rings is 10. The van der Waals surface area contributed by atoms with Gasteiger partial charge in [0.15, 0.2) is 17.2 Å². The van der Waals surface area contributed by atoms with Crippen LogP contribution in [0.1, 0.15) is 228 Å². The van der Waals surface area contributed by atoms with Gasteiger partial charge in [0.05, 0.1) is 94.3 Å². The number of hydrogen-bond donors (Lipinski definition) is 8. The van der Waals surface area contributed by atoms with Crippen LogP contribution in [0.4, 0.5) is 45.5 Å². The van der Waals surface area contributed by atoms with Crippen molar-refractivity contribution in [2.24, 2.45) is 29.0 Å². The van der Waals surface area contributed by atoms with Crippen LogP contribution in [0.5, 0.6) is 46.0 Å². The molecule has 11 N–H and O–H groups in total. The van der Waals surface area contributed by atoms with Gasteiger partial charge in [0.2, 0.25) is 23.6 Å². The van der Waals surface area contributed by atoms with Crippen LogP contribution in [0.15, 0.2) is 219 Å². The van der Waals surface area contributed by atoms with Crippen LogP contribution in [0, 0.1) is 42.2 Å². The quantitative estimate of drug-likeness (QED) is 0.00577. The van der Waals surface area contributed by atoms with Crippen LogP contribution in [-0.2, 0) is 32.3 Å². The lowest BCUT2D eigenvalue weighted by atomic mass is 10.1. The molecule has 746 valence electrons. The highest BCUT2D eigenvalue weighted by Crippen LogP contribution is 2.38. The number of anilines is 5. The first-order chi connectivity index (χ1) is 67.2. The lowest BCUT2D eigenvalue weighted by Crippen LogP contribution is -2.24. The molecule has 0 saturated carbocycles. The van der Waals surface area contributed by atoms with Crippen molar-refractivity contribution in [1.29, 1.82) is 0 Å². The molecule has 8 amide bonds. The number of nitrogens with one attached hydrogen (secondary N) is 5. The number of nitro groups is 3. The zero-order chi connectivity index (χ0) is 103. The first-order valence-corrected chi connectivity index (χ1v) is 45.4. The summed E-state index contributed by atoms with van der Waals surface area (Å²) in [6.07, 6.45) is 5.72. The summed E-state index contributed by atoms with van der Waals surface area (Å²) in [7, 11) is 0. The molecule has 0 aliphatic carbocycles. The van der Waals surface area contributed by atoms with Gasteiger partial charge in [-0.05, 0) is 186 Å². The average molecular weight is 1940 g/mol. The number of ether oxygens (including phenoxy) is 10. The summed E-state index contributed by atoms with van der Waals surface area (Å²) >= 11 is 0. The van der Waals surface area contributed by atoms with Gasteiger partial charge in [0, 0.05) is 81.8 Å². The van der Waals surface area contributed by atoms with E-state index in [0.29, 0.717) is 78.5 Å². The molecule has 0 heterocycles. The van der Waals surface area contributed by atoms with Gasteiger partial charge in [0.1, 0.15) is 54.2 Å². The van der Waals surface area contributed by atoms with E-state index in [1.807, 2.05) is 116 Å². The van der Waals surface area contributed by atoms with Crippen LogP contribution >= 0.6 is 0 Å². The van der Waals surface area contributed by atoms with E-state index in [1.165, 1.54) is 133 Å². The molecule has 10 aromatic rings. The number of esters is 2. The second kappa shape index (κ2) is 56.1. The molecule has 0 spiro atoms. The number of carbonyl (C=O) groups is 10. The van der Waals surface area contributed by atoms with Crippen molar-refractivity contribution in [3.05, 3.63) is 305 Å². The number of nitrogens with two attached hydrogens (primary N) is 3. The molecule has 0 aliphatic rings. The Balaban J connectivity index is 0.000000262. The molecular formula is C104H119N11O26. The van der Waals surface area contributed by atoms with Crippen LogP contribution in [0.3, 0.4) is 0 Å². The molecule has 0 bridgehead atoms. The summed E-state index contributed by atoms with van der Waals surface area (Å²) in [5, 5.41) is 47.6. The number of hydrogen-bond acceptors (Lipinski definition) is 26. The van der Waals surface area contributed by atoms with E-state index in [-0.39, 0.29) is 148 Å². The highest BCUT2D eigenvalue weighted by Gasteiger charge is 2.27. The molecule has 37 nitrogen and oxygen atoms in total. The van der Waals surface area contributed by atoms with Gasteiger partial charge in [-0.3, -0.25) is 73.5 Å². The first-order valence-electron chi connectivity index (χ1n) is 45.4. The van der Waals surface area contributed by atoms with Gasteiger partial charge < -0.3 is 91.2 Å². The maximum Gasteiger partial charge on any atom is 0.338 e. The van der Waals surface area contributed by atoms with E-state index in [0.717, 1.165) is 43.2 Å². The van der Waals surface area contributed by atoms with Gasteiger partial charge in [0.25, 0.3) is 23.6 Å². The van der Waals surface area contributed by atoms with Gasteiger partial charge in [-0.15, -0.1) is 0 Å². The Morgan fingerprint density at radius 1 is 0.383 bits per heavy atom. The number of nitrogens with zero attached hydrogens (tertiary/aromatic N) is 3. The Hall–Kier alpha value is -16.8. The third-order valence-corrected chi connectivity index (χ3v) is 19.6. The second-order valence-electron chi connectivity index (χ2n) is 33.4. The molecule has 10 rings (SSSR count). The molecule has 0 fully saturated rings. The third-order valence-electron chi connectivity index (χ3n) is 19.6. The van der Waals surface area contributed by atoms with Crippen molar-refractivity contribution in [1.82, 2.24) is 0 Å². The summed E-state index contributed by atoms with van der Waals surface area (Å²) in [4.78, 5) is 156. The van der Waals surface area contributed by atoms with Crippen molar-refractivity contribution in [2.75, 3.05) is 66.2 Å². The van der Waals surface area contributed by atoms with Crippen molar-refractivity contribution in [3.63, 3.8) is 0 Å². The summed E-state index contributed by atoms with van der Waals surface area (Å²) < 4.78 is 56.3. The van der Waals surface area contributed by atoms with Gasteiger partial charge in [-0.25, -0.2) is 4.79 Å². The fraction of sp³-hybridized carbons (Fsp3) is 0.308. The van der Waals surface area contributed by atoms with E-state index in [4.69, 9.17) is 64.6 Å². The maximum absolute atomic E-state index is 13.6. The SMILES string of the molecule is C=CCOC(=O)c1ccc(NC(=O)c2ccc(NC(=O)CCC(=O)OC(C)(C)C)c(OCc3ccccc3)c2)c(OCc2ccccc2)c1.CCC(C)Oc1cc(C(=O)Nc2ccc(C(N)=O)cc2OCC(C)C)ccc1[N+](=O)[O-].CCCCOc1cc(C(N)=O)ccc1NC(=O)c1ccc([N+](=O)[O-])c(OCCCC)c1.CCCOc1cc(C(N)=O)ccc1NC(=O)c1ccc([N+](=O)[O-])c(OCC(C)C)c1. The minimum Gasteiger partial charge on any atom is -0.491 e. The number of nitro benzene ring substituents is 3. The van der Waals surface area contributed by atoms with Crippen molar-refractivity contribution < 1.29 is 110 Å². The maximum atomic E-state index is 13.6. The lowest BCUT2D eigenvalue weighted by Gasteiger charge is -2.19. The molecule has 0 aliphatic heterocycles. The predicted octanol–water partition coefficient (Wildman–Crippen LogP) is 19.7. The van der Waals surface area contributed by atoms with Crippen molar-refractivity contribution in [3.8, 4) is 46.0 Å². The molecule has 141 heavy (non-hydrogen) atoms. The third kappa shape index (κ3) is 37.0. The Labute approximate surface area is 816 Å². The summed E-state index contributed by atoms with van der Waals surface area (Å²) in [6, 6.07) is 53.3. The lowest BCUT2D eigenvalue weighted by molar-refractivity contribution is -0.386. The molecule has 0 saturated heterocycles. The van der Waals surface area contributed by atoms with Crippen LogP contribution in [0.2, 0.25) is 0 Å². The largest absolute Gasteiger partial charge is 0.491 e. The van der Waals surface area contributed by atoms with E-state index in [2.05, 4.69) is 33.2 Å². The van der Waals surface area contributed by atoms with Crippen LogP contribution in [-0.4, -0.2) is 125 Å². The monoisotopic (exact) mass is 1940 g/mol. The fourth-order valence-electron chi connectivity index (χ4n) is 12.2. The van der Waals surface area contributed by atoms with E-state index >= 15 is 0 Å². The minimum atomic E-state index is -0.656. The predicted molar refractivity (Wildman–Crippen MR) is 532 cm³/mol. The Kier molecular flexibility index (Phi) is 44.2. The van der Waals surface area contributed by atoms with E-state index in [9.17, 15) is 78.3 Å². The zero-order valence-corrected chi connectivity index (χ0v) is 80.6. The topological polar surface area (TPSA) is 531 Å². The van der Waals surface area contributed by atoms with Crippen LogP contribution in [0.25, 0.3) is 0 Å². The Morgan fingerprint density at radius 2 is 0.702 bits per heavy atom. The highest BCUT2D eigenvalue weighted by molar-refractivity contribution is 6.09. The number of unbranched alkanes of at least 4 members (excludes halogenated alkanes) is 2. The van der Waals surface area contributed by atoms with Crippen molar-refractivity contribution >= 4 is 105 Å². The second-order valence-corrected chi connectivity index (χ2v) is 33.4. The normalized spacial score (nSPS) is 10.8. The van der Waals surface area contributed by atoms with Gasteiger partial charge in [-0.2, -0.15) is 0 Å². The summed E-state index contributed by atoms with van der Waals surface area (Å²) in [6.45, 7) is 28.3. The Bertz CT molecular complexity index is 6050. The molecule has 0 radical (unpaired) electrons. The zero-order valence-electron chi connectivity index (χ0n) is 80.6. The van der Waals surface area contributed by atoms with E-state index in [1.54, 1.807) is 45.9 Å². The highest BCUT2D eigenvalue weighted by atomic mass is 16.6. The minimum absolute atomic E-state index is 0.0207. The standard InChI is InChI=1S/C39H40N2O8.2C22H27N3O6.C21H25N3O6/c1-5-22-46-38(45)30-17-19-32(34(24-30)48-26-28-14-10-7-11-15-28)41-37(44)29-16-18-31(33(23-29)47-25-27-12-8-6-9-13-27)40-35(42)20-21-36(43)49-39(2,3)4;1-5-14(4)31-20-11-16(7-9-18(20)25(28)29)22(27)24-17-8-6-15(21(23)26)10-19(17)30-12-13(2)3;1-3-5-11-30-19-13-15(21(23)26)7-9-17(19)24-22(27)16-8-10-18(25(28)29)20(14-16)31-12-6-4-2;1-4-9-29-18-10-14(20(22)25)5-7-16(18)23-21(26)15-6-8-17(24(27)28)19(11-15)30-12-13(2)3/h5-19,23-24H,1,20-22,25-26H2,2-4H3,(H,40,42)(H,41,44);6-11,13-14H,5,12H2,1-4H3,(H2,23,26)(H,24,27);7-10,13-14H,3-6,11-12H2,1-2H3,(H2,23,26)(H,24,27);5-8,10-11,13H,4,9,12H2,1-3H3,(H2,22,25)(H,23,26). The molecule has 1 unspecified atom stereocenters.